The maximum Gasteiger partial charge on any atom is 0.273 e. The molecule has 2 saturated heterocycles. The Hall–Kier alpha value is -2.70. The van der Waals surface area contributed by atoms with Crippen LogP contribution in [0, 0.1) is 0 Å². The number of hydrogen-bond acceptors (Lipinski definition) is 9. The van der Waals surface area contributed by atoms with Gasteiger partial charge in [-0.1, -0.05) is 36.2 Å². The van der Waals surface area contributed by atoms with Crippen molar-refractivity contribution in [3.63, 3.8) is 0 Å². The van der Waals surface area contributed by atoms with Crippen LogP contribution in [0.1, 0.15) is 52.6 Å². The van der Waals surface area contributed by atoms with E-state index in [0.717, 1.165) is 57.5 Å². The number of nitrogens with two attached hydrogens (primary N) is 1. The topological polar surface area (TPSA) is 140 Å². The van der Waals surface area contributed by atoms with Crippen LogP contribution in [0.4, 0.5) is 11.6 Å². The molecule has 0 radical (unpaired) electrons. The molecule has 2 aliphatic rings. The lowest BCUT2D eigenvalue weighted by molar-refractivity contribution is 0.0609. The zero-order chi connectivity index (χ0) is 28.8. The Balaban J connectivity index is 1.37. The summed E-state index contributed by atoms with van der Waals surface area (Å²) in [6, 6.07) is 6.30. The van der Waals surface area contributed by atoms with E-state index < -0.39 is 5.91 Å². The molecule has 2 aromatic rings. The Morgan fingerprint density at radius 3 is 2.55 bits per heavy atom. The van der Waals surface area contributed by atoms with Gasteiger partial charge in [-0.25, -0.2) is 9.97 Å². The summed E-state index contributed by atoms with van der Waals surface area (Å²) >= 11 is 12.6. The molecule has 0 unspecified atom stereocenters. The van der Waals surface area contributed by atoms with Gasteiger partial charge < -0.3 is 26.4 Å². The maximum atomic E-state index is 12.4. The van der Waals surface area contributed by atoms with Crippen molar-refractivity contribution in [1.29, 1.82) is 0 Å². The van der Waals surface area contributed by atoms with Gasteiger partial charge in [-0.05, 0) is 50.0 Å². The van der Waals surface area contributed by atoms with Crippen molar-refractivity contribution in [2.45, 2.75) is 44.8 Å². The first kappa shape index (κ1) is 30.3. The average molecular weight is 594 g/mol. The zero-order valence-corrected chi connectivity index (χ0v) is 24.5. The van der Waals surface area contributed by atoms with Gasteiger partial charge in [0.2, 0.25) is 0 Å². The summed E-state index contributed by atoms with van der Waals surface area (Å²) in [6.45, 7) is 7.02. The zero-order valence-electron chi connectivity index (χ0n) is 23.0. The van der Waals surface area contributed by atoms with E-state index in [1.165, 1.54) is 0 Å². The Labute approximate surface area is 245 Å². The fourth-order valence-electron chi connectivity index (χ4n) is 5.63. The Morgan fingerprint density at radius 2 is 1.88 bits per heavy atom. The van der Waals surface area contributed by atoms with Crippen molar-refractivity contribution < 1.29 is 14.7 Å². The number of halogens is 2. The first-order chi connectivity index (χ1) is 19.2. The van der Waals surface area contributed by atoms with Gasteiger partial charge in [-0.2, -0.15) is 0 Å². The lowest BCUT2D eigenvalue weighted by Gasteiger charge is -2.47. The van der Waals surface area contributed by atoms with E-state index in [9.17, 15) is 9.59 Å². The van der Waals surface area contributed by atoms with Crippen LogP contribution in [0.3, 0.4) is 0 Å². The quantitative estimate of drug-likeness (QED) is 0.344. The lowest BCUT2D eigenvalue weighted by Crippen LogP contribution is -2.58. The molecule has 5 N–H and O–H groups in total. The monoisotopic (exact) mass is 592 g/mol. The van der Waals surface area contributed by atoms with E-state index in [-0.39, 0.29) is 35.7 Å². The largest absolute Gasteiger partial charge is 0.395 e. The fraction of sp³-hybridized carbons (Fsp3) is 0.556. The van der Waals surface area contributed by atoms with Crippen molar-refractivity contribution in [2.75, 3.05) is 63.6 Å². The predicted molar refractivity (Wildman–Crippen MR) is 157 cm³/mol. The third-order valence-electron chi connectivity index (χ3n) is 7.74. The summed E-state index contributed by atoms with van der Waals surface area (Å²) in [7, 11) is 1.63. The number of hydrogen-bond donors (Lipinski definition) is 4. The first-order valence-corrected chi connectivity index (χ1v) is 14.5. The van der Waals surface area contributed by atoms with Crippen molar-refractivity contribution in [3.05, 3.63) is 45.2 Å². The number of aromatic nitrogens is 2. The van der Waals surface area contributed by atoms with Gasteiger partial charge in [-0.3, -0.25) is 19.4 Å². The standard InChI is InChI=1S/C27H38Cl2N8O3/c1-3-19-16-36(25-23(29)33-22(24(30)34-25)27(40)32-8-13-38)11-12-37(19)20-6-9-35(10-7-20)15-17-4-5-18(28)14-21(17)26(39)31-2/h4-5,14,19-20,38H,3,6-13,15-16H2,1-2H3,(H2,30,34)(H,31,39)(H,32,40)/t19-/m0/s1. The molecule has 2 amide bonds. The summed E-state index contributed by atoms with van der Waals surface area (Å²) in [5.41, 5.74) is 7.63. The molecule has 218 valence electrons. The molecule has 3 heterocycles. The first-order valence-electron chi connectivity index (χ1n) is 13.7. The van der Waals surface area contributed by atoms with Gasteiger partial charge in [0.05, 0.1) is 6.61 Å². The molecule has 0 bridgehead atoms. The number of rotatable bonds is 9. The second-order valence-electron chi connectivity index (χ2n) is 10.2. The third-order valence-corrected chi connectivity index (χ3v) is 8.23. The number of amides is 2. The molecule has 2 aliphatic heterocycles. The molecule has 40 heavy (non-hydrogen) atoms. The number of nitrogens with zero attached hydrogens (tertiary/aromatic N) is 5. The minimum atomic E-state index is -0.518. The summed E-state index contributed by atoms with van der Waals surface area (Å²) < 4.78 is 0. The molecule has 1 aromatic carbocycles. The maximum absolute atomic E-state index is 12.4. The van der Waals surface area contributed by atoms with E-state index in [0.29, 0.717) is 35.0 Å². The molecule has 0 saturated carbocycles. The number of likely N-dealkylation sites (tertiary alicyclic amines) is 1. The number of carbonyl (C=O) groups excluding carboxylic acids is 2. The Morgan fingerprint density at radius 1 is 1.12 bits per heavy atom. The molecule has 1 aromatic heterocycles. The second-order valence-corrected chi connectivity index (χ2v) is 11.0. The van der Waals surface area contributed by atoms with Crippen LogP contribution in [-0.4, -0.2) is 102 Å². The van der Waals surface area contributed by atoms with Crippen molar-refractivity contribution in [3.8, 4) is 0 Å². The highest BCUT2D eigenvalue weighted by Crippen LogP contribution is 2.30. The van der Waals surface area contributed by atoms with Crippen LogP contribution in [0.2, 0.25) is 10.2 Å². The van der Waals surface area contributed by atoms with Gasteiger partial charge in [0, 0.05) is 62.4 Å². The molecule has 0 aliphatic carbocycles. The van der Waals surface area contributed by atoms with Crippen LogP contribution in [0.25, 0.3) is 0 Å². The minimum Gasteiger partial charge on any atom is -0.395 e. The number of piperidine rings is 1. The summed E-state index contributed by atoms with van der Waals surface area (Å²) in [5, 5.41) is 14.9. The van der Waals surface area contributed by atoms with Crippen LogP contribution >= 0.6 is 23.2 Å². The van der Waals surface area contributed by atoms with Crippen molar-refractivity contribution in [2.24, 2.45) is 0 Å². The van der Waals surface area contributed by atoms with Gasteiger partial charge in [-0.15, -0.1) is 0 Å². The van der Waals surface area contributed by atoms with Crippen LogP contribution in [-0.2, 0) is 6.54 Å². The molecule has 2 fully saturated rings. The van der Waals surface area contributed by atoms with E-state index in [1.807, 2.05) is 12.1 Å². The van der Waals surface area contributed by atoms with Crippen molar-refractivity contribution >= 4 is 46.7 Å². The number of piperazine rings is 1. The van der Waals surface area contributed by atoms with Gasteiger partial charge in [0.1, 0.15) is 0 Å². The summed E-state index contributed by atoms with van der Waals surface area (Å²) in [4.78, 5) is 40.4. The molecule has 13 heteroatoms. The minimum absolute atomic E-state index is 0.0120. The molecular formula is C27H38Cl2N8O3. The fourth-order valence-corrected chi connectivity index (χ4v) is 6.05. The highest BCUT2D eigenvalue weighted by atomic mass is 35.5. The number of aliphatic hydroxyl groups excluding tert-OH is 1. The van der Waals surface area contributed by atoms with Gasteiger partial charge in [0.25, 0.3) is 11.8 Å². The molecule has 1 atom stereocenters. The Bertz CT molecular complexity index is 1210. The molecular weight excluding hydrogens is 555 g/mol. The number of nitrogens with one attached hydrogen (secondary N) is 2. The molecule has 11 nitrogen and oxygen atoms in total. The van der Waals surface area contributed by atoms with Gasteiger partial charge in [0.15, 0.2) is 22.5 Å². The average Bonchev–Trinajstić information content (AvgIpc) is 2.97. The highest BCUT2D eigenvalue weighted by molar-refractivity contribution is 6.32. The number of aliphatic hydroxyl groups is 1. The number of carbonyl (C=O) groups is 2. The van der Waals surface area contributed by atoms with E-state index >= 15 is 0 Å². The summed E-state index contributed by atoms with van der Waals surface area (Å²) in [5.74, 6) is -0.142. The van der Waals surface area contributed by atoms with E-state index in [4.69, 9.17) is 34.0 Å². The Kier molecular flexibility index (Phi) is 10.4. The highest BCUT2D eigenvalue weighted by Gasteiger charge is 2.34. The van der Waals surface area contributed by atoms with Crippen LogP contribution in [0.15, 0.2) is 18.2 Å². The van der Waals surface area contributed by atoms with E-state index in [2.05, 4.69) is 42.2 Å². The van der Waals surface area contributed by atoms with Crippen LogP contribution in [0.5, 0.6) is 0 Å². The SMILES string of the molecule is CC[C@H]1CN(c2nc(N)c(C(=O)NCCO)nc2Cl)CCN1C1CCN(Cc2ccc(Cl)cc2C(=O)NC)CC1. The summed E-state index contributed by atoms with van der Waals surface area (Å²) in [6.07, 6.45) is 3.06. The smallest absolute Gasteiger partial charge is 0.273 e. The predicted octanol–water partition coefficient (Wildman–Crippen LogP) is 2.01. The molecule has 0 spiro atoms. The van der Waals surface area contributed by atoms with E-state index in [1.54, 1.807) is 13.1 Å². The number of benzene rings is 1. The van der Waals surface area contributed by atoms with Crippen LogP contribution < -0.4 is 21.3 Å². The third kappa shape index (κ3) is 6.95. The van der Waals surface area contributed by atoms with Crippen molar-refractivity contribution in [1.82, 2.24) is 30.4 Å². The number of nitrogen functional groups attached to an aromatic ring is 1. The second kappa shape index (κ2) is 13.8. The normalized spacial score (nSPS) is 19.0. The number of anilines is 2. The molecule has 4 rings (SSSR count). The van der Waals surface area contributed by atoms with Gasteiger partial charge >= 0.3 is 0 Å². The lowest BCUT2D eigenvalue weighted by atomic mass is 9.97.